The van der Waals surface area contributed by atoms with Gasteiger partial charge in [-0.05, 0) is 107 Å². The second kappa shape index (κ2) is 11.1. The van der Waals surface area contributed by atoms with Crippen molar-refractivity contribution in [1.29, 1.82) is 0 Å². The van der Waals surface area contributed by atoms with Crippen molar-refractivity contribution in [3.8, 4) is 44.5 Å². The predicted octanol–water partition coefficient (Wildman–Crippen LogP) is 13.7. The van der Waals surface area contributed by atoms with Crippen molar-refractivity contribution in [3.05, 3.63) is 182 Å². The van der Waals surface area contributed by atoms with E-state index in [1.54, 1.807) is 0 Å². The summed E-state index contributed by atoms with van der Waals surface area (Å²) in [6.45, 7) is 0. The molecule has 228 valence electrons. The van der Waals surface area contributed by atoms with Gasteiger partial charge in [-0.2, -0.15) is 0 Å². The number of rotatable bonds is 4. The van der Waals surface area contributed by atoms with Crippen LogP contribution in [0.15, 0.2) is 186 Å². The topological polar surface area (TPSA) is 13.1 Å². The first-order chi connectivity index (χ1) is 24.3. The van der Waals surface area contributed by atoms with Crippen LogP contribution in [0.25, 0.3) is 98.8 Å². The average molecular weight is 623 g/mol. The molecule has 0 unspecified atom stereocenters. The van der Waals surface area contributed by atoms with Gasteiger partial charge >= 0.3 is 0 Å². The molecule has 1 aromatic heterocycles. The van der Waals surface area contributed by atoms with E-state index in [1.165, 1.54) is 76.8 Å². The van der Waals surface area contributed by atoms with E-state index in [2.05, 4.69) is 182 Å². The first kappa shape index (κ1) is 27.7. The zero-order valence-electron chi connectivity index (χ0n) is 26.7. The van der Waals surface area contributed by atoms with Crippen LogP contribution in [0.4, 0.5) is 0 Å². The molecule has 10 aromatic rings. The van der Waals surface area contributed by atoms with Crippen LogP contribution in [0.3, 0.4) is 0 Å². The number of fused-ring (bicyclic) bond motifs is 6. The van der Waals surface area contributed by atoms with Crippen molar-refractivity contribution in [1.82, 2.24) is 0 Å². The lowest BCUT2D eigenvalue weighted by Crippen LogP contribution is -1.92. The highest BCUT2D eigenvalue weighted by molar-refractivity contribution is 6.24. The van der Waals surface area contributed by atoms with Gasteiger partial charge in [-0.15, -0.1) is 0 Å². The molecule has 1 heterocycles. The molecule has 0 saturated carbocycles. The Morgan fingerprint density at radius 3 is 1.33 bits per heavy atom. The van der Waals surface area contributed by atoms with Crippen molar-refractivity contribution in [3.63, 3.8) is 0 Å². The Morgan fingerprint density at radius 2 is 0.735 bits per heavy atom. The maximum absolute atomic E-state index is 6.37. The van der Waals surface area contributed by atoms with Crippen LogP contribution < -0.4 is 0 Å². The third kappa shape index (κ3) is 4.47. The van der Waals surface area contributed by atoms with Gasteiger partial charge in [0.25, 0.3) is 0 Å². The lowest BCUT2D eigenvalue weighted by molar-refractivity contribution is 0.669. The van der Waals surface area contributed by atoms with Crippen molar-refractivity contribution < 1.29 is 4.42 Å². The van der Waals surface area contributed by atoms with Crippen molar-refractivity contribution >= 4 is 54.3 Å². The molecule has 0 aliphatic heterocycles. The fourth-order valence-electron chi connectivity index (χ4n) is 7.77. The molecule has 9 aromatic carbocycles. The van der Waals surface area contributed by atoms with Crippen molar-refractivity contribution in [2.24, 2.45) is 0 Å². The minimum Gasteiger partial charge on any atom is -0.456 e. The van der Waals surface area contributed by atoms with Gasteiger partial charge in [0.05, 0.1) is 0 Å². The molecule has 0 aliphatic rings. The van der Waals surface area contributed by atoms with E-state index in [9.17, 15) is 0 Å². The van der Waals surface area contributed by atoms with Gasteiger partial charge in [0, 0.05) is 10.8 Å². The van der Waals surface area contributed by atoms with Gasteiger partial charge in [-0.3, -0.25) is 0 Å². The van der Waals surface area contributed by atoms with E-state index < -0.39 is 0 Å². The quantitative estimate of drug-likeness (QED) is 0.178. The molecule has 0 atom stereocenters. The monoisotopic (exact) mass is 622 g/mol. The molecule has 0 fully saturated rings. The summed E-state index contributed by atoms with van der Waals surface area (Å²) >= 11 is 0. The minimum atomic E-state index is 0.902. The summed E-state index contributed by atoms with van der Waals surface area (Å²) in [6.07, 6.45) is 0. The summed E-state index contributed by atoms with van der Waals surface area (Å²) in [5, 5.41) is 9.73. The SMILES string of the molecule is c1ccc(-c2ccc3cccc(-c4c5ccccc5c(-c5ccc6oc7ccc(-c8ccccc8)cc7c6c5)c5ccccc45)c3c2)cc1. The van der Waals surface area contributed by atoms with Crippen molar-refractivity contribution in [2.45, 2.75) is 0 Å². The zero-order valence-corrected chi connectivity index (χ0v) is 26.7. The highest BCUT2D eigenvalue weighted by Crippen LogP contribution is 2.46. The molecule has 1 nitrogen and oxygen atoms in total. The second-order valence-electron chi connectivity index (χ2n) is 12.8. The summed E-state index contributed by atoms with van der Waals surface area (Å²) < 4.78 is 6.37. The molecule has 0 radical (unpaired) electrons. The Labute approximate surface area is 284 Å². The average Bonchev–Trinajstić information content (AvgIpc) is 3.54. The van der Waals surface area contributed by atoms with E-state index in [1.807, 2.05) is 0 Å². The Morgan fingerprint density at radius 1 is 0.265 bits per heavy atom. The maximum atomic E-state index is 6.37. The molecule has 10 rings (SSSR count). The van der Waals surface area contributed by atoms with Crippen LogP contribution in [0.1, 0.15) is 0 Å². The summed E-state index contributed by atoms with van der Waals surface area (Å²) in [5.41, 5.74) is 11.6. The van der Waals surface area contributed by atoms with Crippen LogP contribution in [-0.2, 0) is 0 Å². The van der Waals surface area contributed by atoms with E-state index in [4.69, 9.17) is 4.42 Å². The van der Waals surface area contributed by atoms with Gasteiger partial charge in [0.15, 0.2) is 0 Å². The van der Waals surface area contributed by atoms with E-state index in [0.717, 1.165) is 21.9 Å². The summed E-state index contributed by atoms with van der Waals surface area (Å²) in [4.78, 5) is 0. The molecular weight excluding hydrogens is 593 g/mol. The number of hydrogen-bond acceptors (Lipinski definition) is 1. The molecule has 49 heavy (non-hydrogen) atoms. The van der Waals surface area contributed by atoms with Crippen LogP contribution in [0, 0.1) is 0 Å². The number of furan rings is 1. The van der Waals surface area contributed by atoms with Gasteiger partial charge in [-0.25, -0.2) is 0 Å². The number of benzene rings is 9. The summed E-state index contributed by atoms with van der Waals surface area (Å²) in [7, 11) is 0. The Kier molecular flexibility index (Phi) is 6.25. The first-order valence-electron chi connectivity index (χ1n) is 16.8. The largest absolute Gasteiger partial charge is 0.456 e. The van der Waals surface area contributed by atoms with Gasteiger partial charge in [-0.1, -0.05) is 152 Å². The van der Waals surface area contributed by atoms with Crippen LogP contribution >= 0.6 is 0 Å². The predicted molar refractivity (Wildman–Crippen MR) is 208 cm³/mol. The highest BCUT2D eigenvalue weighted by Gasteiger charge is 2.19. The highest BCUT2D eigenvalue weighted by atomic mass is 16.3. The summed E-state index contributed by atoms with van der Waals surface area (Å²) in [5.74, 6) is 0. The molecule has 0 N–H and O–H groups in total. The van der Waals surface area contributed by atoms with Gasteiger partial charge < -0.3 is 4.42 Å². The summed E-state index contributed by atoms with van der Waals surface area (Å²) in [6, 6.07) is 65.8. The van der Waals surface area contributed by atoms with Gasteiger partial charge in [0.1, 0.15) is 11.2 Å². The Bertz CT molecular complexity index is 2800. The van der Waals surface area contributed by atoms with Crippen LogP contribution in [-0.4, -0.2) is 0 Å². The van der Waals surface area contributed by atoms with E-state index in [0.29, 0.717) is 0 Å². The fourth-order valence-corrected chi connectivity index (χ4v) is 7.77. The molecule has 0 saturated heterocycles. The lowest BCUT2D eigenvalue weighted by Gasteiger charge is -2.19. The normalized spacial score (nSPS) is 11.7. The van der Waals surface area contributed by atoms with E-state index in [-0.39, 0.29) is 0 Å². The molecular formula is C48H30O. The lowest BCUT2D eigenvalue weighted by atomic mass is 9.84. The zero-order chi connectivity index (χ0) is 32.3. The second-order valence-corrected chi connectivity index (χ2v) is 12.8. The van der Waals surface area contributed by atoms with Crippen LogP contribution in [0.5, 0.6) is 0 Å². The van der Waals surface area contributed by atoms with Gasteiger partial charge in [0.2, 0.25) is 0 Å². The molecule has 0 spiro atoms. The molecule has 0 aliphatic carbocycles. The van der Waals surface area contributed by atoms with E-state index >= 15 is 0 Å². The minimum absolute atomic E-state index is 0.902. The third-order valence-corrected chi connectivity index (χ3v) is 10.1. The molecule has 1 heteroatoms. The standard InChI is InChI=1S/C48H30O/c1-3-12-31(13-4-1)34-23-22-33-16-11-21-41(42(33)28-34)48-39-19-9-7-17-37(39)47(38-18-8-10-20-40(38)48)36-25-27-46-44(30-36)43-29-35(24-26-45(43)49-46)32-14-5-2-6-15-32/h1-30H. The molecule has 0 bridgehead atoms. The fraction of sp³-hybridized carbons (Fsp3) is 0. The Balaban J connectivity index is 1.24. The number of hydrogen-bond donors (Lipinski definition) is 0. The van der Waals surface area contributed by atoms with Crippen LogP contribution in [0.2, 0.25) is 0 Å². The first-order valence-corrected chi connectivity index (χ1v) is 16.8. The molecule has 0 amide bonds. The smallest absolute Gasteiger partial charge is 0.135 e. The third-order valence-electron chi connectivity index (χ3n) is 10.1. The Hall–Kier alpha value is -6.44. The maximum Gasteiger partial charge on any atom is 0.135 e. The van der Waals surface area contributed by atoms with Crippen molar-refractivity contribution in [2.75, 3.05) is 0 Å².